The highest BCUT2D eigenvalue weighted by molar-refractivity contribution is 6.21. The summed E-state index contributed by atoms with van der Waals surface area (Å²) >= 11 is 0. The predicted octanol–water partition coefficient (Wildman–Crippen LogP) is 1.97. The van der Waals surface area contributed by atoms with Crippen LogP contribution >= 0.6 is 0 Å². The maximum absolute atomic E-state index is 12.6. The van der Waals surface area contributed by atoms with E-state index in [1.165, 1.54) is 16.2 Å². The van der Waals surface area contributed by atoms with Crippen LogP contribution in [0.15, 0.2) is 54.2 Å². The number of hydrogen-bond acceptors (Lipinski definition) is 2. The van der Waals surface area contributed by atoms with Gasteiger partial charge in [-0.2, -0.15) is 0 Å². The average molecular weight is 305 g/mol. The minimum Gasteiger partial charge on any atom is -0.270 e. The summed E-state index contributed by atoms with van der Waals surface area (Å²) in [5.74, 6) is -0.518. The summed E-state index contributed by atoms with van der Waals surface area (Å²) in [6.45, 7) is 5.79. The molecule has 1 aliphatic heterocycles. The third-order valence-corrected chi connectivity index (χ3v) is 4.22. The zero-order valence-corrected chi connectivity index (χ0v) is 13.2. The maximum Gasteiger partial charge on any atom is 0.261 e. The van der Waals surface area contributed by atoms with Gasteiger partial charge < -0.3 is 0 Å². The molecule has 0 spiro atoms. The number of benzene rings is 1. The Hall–Kier alpha value is -2.68. The van der Waals surface area contributed by atoms with Gasteiger partial charge >= 0.3 is 0 Å². The van der Waals surface area contributed by atoms with Crippen LogP contribution in [-0.4, -0.2) is 16.7 Å². The molecule has 1 aromatic rings. The van der Waals surface area contributed by atoms with Crippen molar-refractivity contribution < 1.29 is 9.59 Å². The second kappa shape index (κ2) is 6.21. The van der Waals surface area contributed by atoms with Crippen molar-refractivity contribution in [1.29, 1.82) is 0 Å². The Bertz CT molecular complexity index is 871. The first kappa shape index (κ1) is 15.2. The second-order valence-corrected chi connectivity index (χ2v) is 5.63. The van der Waals surface area contributed by atoms with Crippen molar-refractivity contribution in [3.63, 3.8) is 0 Å². The Morgan fingerprint density at radius 1 is 1.13 bits per heavy atom. The van der Waals surface area contributed by atoms with Crippen molar-refractivity contribution >= 4 is 24.0 Å². The van der Waals surface area contributed by atoms with E-state index < -0.39 is 0 Å². The molecule has 3 heteroatoms. The highest BCUT2D eigenvalue weighted by atomic mass is 16.2. The van der Waals surface area contributed by atoms with Crippen molar-refractivity contribution in [2.75, 3.05) is 0 Å². The fourth-order valence-electron chi connectivity index (χ4n) is 3.12. The van der Waals surface area contributed by atoms with E-state index in [4.69, 9.17) is 0 Å². The molecule has 1 aromatic carbocycles. The zero-order chi connectivity index (χ0) is 16.4. The summed E-state index contributed by atoms with van der Waals surface area (Å²) in [5, 5.41) is 2.32. The molecule has 2 aliphatic rings. The molecule has 1 heterocycles. The molecular weight excluding hydrogens is 286 g/mol. The van der Waals surface area contributed by atoms with Gasteiger partial charge in [0.2, 0.25) is 0 Å². The van der Waals surface area contributed by atoms with E-state index in [9.17, 15) is 9.59 Å². The highest BCUT2D eigenvalue weighted by Gasteiger charge is 2.35. The lowest BCUT2D eigenvalue weighted by Crippen LogP contribution is -2.37. The smallest absolute Gasteiger partial charge is 0.261 e. The number of carbonyl (C=O) groups is 2. The summed E-state index contributed by atoms with van der Waals surface area (Å²) in [6, 6.07) is 6.03. The van der Waals surface area contributed by atoms with Gasteiger partial charge in [-0.15, -0.1) is 0 Å². The molecule has 0 bridgehead atoms. The number of fused-ring (bicyclic) bond motifs is 1. The summed E-state index contributed by atoms with van der Waals surface area (Å²) < 4.78 is 0. The molecule has 0 fully saturated rings. The zero-order valence-electron chi connectivity index (χ0n) is 13.2. The Balaban J connectivity index is 1.99. The molecule has 0 aromatic heterocycles. The molecule has 0 saturated carbocycles. The molecule has 1 aliphatic carbocycles. The van der Waals surface area contributed by atoms with Crippen LogP contribution in [0.4, 0.5) is 0 Å². The molecule has 2 amide bonds. The monoisotopic (exact) mass is 305 g/mol. The van der Waals surface area contributed by atoms with E-state index in [1.54, 1.807) is 12.2 Å². The van der Waals surface area contributed by atoms with Gasteiger partial charge in [0.25, 0.3) is 11.8 Å². The molecule has 0 atom stereocenters. The number of allylic oxidation sites excluding steroid dienone is 1. The highest BCUT2D eigenvalue weighted by Crippen LogP contribution is 2.24. The standard InChI is InChI=1S/C20H19NO2/c1-3-8-18-16(4-2)19(22)21(20(18)23)13-15-11-7-10-14-9-5-6-12-17(14)15/h3-4,7-12H,2,5-6,13H2,1H3/b8-3-. The molecule has 0 unspecified atom stereocenters. The maximum atomic E-state index is 12.6. The summed E-state index contributed by atoms with van der Waals surface area (Å²) in [6.07, 6.45) is 11.3. The number of hydrogen-bond donors (Lipinski definition) is 0. The minimum atomic E-state index is -0.268. The topological polar surface area (TPSA) is 37.4 Å². The van der Waals surface area contributed by atoms with Gasteiger partial charge in [0.1, 0.15) is 0 Å². The van der Waals surface area contributed by atoms with Crippen molar-refractivity contribution in [3.8, 4) is 0 Å². The number of nitrogens with zero attached hydrogens (tertiary/aromatic N) is 1. The summed E-state index contributed by atoms with van der Waals surface area (Å²) in [5.41, 5.74) is 1.81. The minimum absolute atomic E-state index is 0.250. The van der Waals surface area contributed by atoms with Gasteiger partial charge in [-0.3, -0.25) is 14.5 Å². The quantitative estimate of drug-likeness (QED) is 0.798. The average Bonchev–Trinajstić information content (AvgIpc) is 2.79. The summed E-state index contributed by atoms with van der Waals surface area (Å²) in [4.78, 5) is 26.4. The van der Waals surface area contributed by atoms with E-state index in [2.05, 4.69) is 24.8 Å². The Kier molecular flexibility index (Phi) is 4.11. The third-order valence-electron chi connectivity index (χ3n) is 4.22. The van der Waals surface area contributed by atoms with Crippen LogP contribution < -0.4 is 10.4 Å². The van der Waals surface area contributed by atoms with Gasteiger partial charge in [-0.25, -0.2) is 0 Å². The first-order valence-corrected chi connectivity index (χ1v) is 7.81. The molecule has 0 saturated heterocycles. The van der Waals surface area contributed by atoms with E-state index >= 15 is 0 Å². The van der Waals surface area contributed by atoms with Crippen LogP contribution in [0.25, 0.3) is 12.2 Å². The summed E-state index contributed by atoms with van der Waals surface area (Å²) in [7, 11) is 0. The van der Waals surface area contributed by atoms with Crippen molar-refractivity contribution in [2.24, 2.45) is 0 Å². The first-order chi connectivity index (χ1) is 11.2. The fourth-order valence-corrected chi connectivity index (χ4v) is 3.12. The SMILES string of the molecule is C=CC1=C(/C=C\C)C(=O)N(Cc2cccc3c2=CCCC=3)C1=O. The predicted molar refractivity (Wildman–Crippen MR) is 91.5 cm³/mol. The lowest BCUT2D eigenvalue weighted by atomic mass is 10.0. The second-order valence-electron chi connectivity index (χ2n) is 5.63. The Morgan fingerprint density at radius 3 is 2.61 bits per heavy atom. The number of rotatable bonds is 4. The van der Waals surface area contributed by atoms with Gasteiger partial charge in [0.15, 0.2) is 0 Å². The van der Waals surface area contributed by atoms with Crippen molar-refractivity contribution in [3.05, 3.63) is 70.2 Å². The molecular formula is C20H19NO2. The lowest BCUT2D eigenvalue weighted by Gasteiger charge is -2.16. The largest absolute Gasteiger partial charge is 0.270 e. The lowest BCUT2D eigenvalue weighted by molar-refractivity contribution is -0.138. The molecule has 3 nitrogen and oxygen atoms in total. The van der Waals surface area contributed by atoms with Gasteiger partial charge in [-0.05, 0) is 35.8 Å². The number of amides is 2. The molecule has 23 heavy (non-hydrogen) atoms. The van der Waals surface area contributed by atoms with Gasteiger partial charge in [-0.1, -0.05) is 55.2 Å². The molecule has 0 radical (unpaired) electrons. The van der Waals surface area contributed by atoms with Crippen LogP contribution in [-0.2, 0) is 16.1 Å². The van der Waals surface area contributed by atoms with Gasteiger partial charge in [0.05, 0.1) is 17.7 Å². The van der Waals surface area contributed by atoms with Crippen LogP contribution in [0.5, 0.6) is 0 Å². The fraction of sp³-hybridized carbons (Fsp3) is 0.200. The van der Waals surface area contributed by atoms with E-state index in [0.29, 0.717) is 17.7 Å². The van der Waals surface area contributed by atoms with Crippen molar-refractivity contribution in [2.45, 2.75) is 26.3 Å². The number of imide groups is 1. The number of carbonyl (C=O) groups excluding carboxylic acids is 2. The van der Waals surface area contributed by atoms with Crippen LogP contribution in [0, 0.1) is 0 Å². The Morgan fingerprint density at radius 2 is 1.87 bits per heavy atom. The molecule has 3 rings (SSSR count). The van der Waals surface area contributed by atoms with Crippen LogP contribution in [0.1, 0.15) is 25.3 Å². The first-order valence-electron chi connectivity index (χ1n) is 7.81. The Labute approximate surface area is 135 Å². The molecule has 116 valence electrons. The third kappa shape index (κ3) is 2.59. The van der Waals surface area contributed by atoms with Gasteiger partial charge in [0, 0.05) is 0 Å². The van der Waals surface area contributed by atoms with Crippen LogP contribution in [0.2, 0.25) is 0 Å². The molecule has 0 N–H and O–H groups in total. The van der Waals surface area contributed by atoms with E-state index in [0.717, 1.165) is 23.6 Å². The van der Waals surface area contributed by atoms with E-state index in [-0.39, 0.29) is 11.8 Å². The van der Waals surface area contributed by atoms with Crippen LogP contribution in [0.3, 0.4) is 0 Å². The van der Waals surface area contributed by atoms with E-state index in [1.807, 2.05) is 19.1 Å². The van der Waals surface area contributed by atoms with Crippen molar-refractivity contribution in [1.82, 2.24) is 4.90 Å². The normalized spacial score (nSPS) is 17.3.